The summed E-state index contributed by atoms with van der Waals surface area (Å²) in [5, 5.41) is 9.00. The molecule has 8 heteroatoms. The minimum Gasteiger partial charge on any atom is -0.351 e. The lowest BCUT2D eigenvalue weighted by Crippen LogP contribution is -2.44. The van der Waals surface area contributed by atoms with Crippen LogP contribution in [0.3, 0.4) is 0 Å². The Morgan fingerprint density at radius 3 is 2.55 bits per heavy atom. The third-order valence-corrected chi connectivity index (χ3v) is 3.67. The molecular formula is C14H15F3N4O. The summed E-state index contributed by atoms with van der Waals surface area (Å²) in [6.45, 7) is 0.787. The standard InChI is InChI=1S/C14H15F3N4O/c15-14(16,17)10-3-5-11(6-4-10)21(13(19)22)8-12-2-1-7-20(12)9-18/h3-6,12H,1-2,7-8H2,(H2,19,22). The molecule has 22 heavy (non-hydrogen) atoms. The minimum absolute atomic E-state index is 0.167. The summed E-state index contributed by atoms with van der Waals surface area (Å²) >= 11 is 0. The summed E-state index contributed by atoms with van der Waals surface area (Å²) in [4.78, 5) is 14.3. The molecule has 0 aromatic heterocycles. The molecule has 0 aliphatic carbocycles. The number of amides is 2. The van der Waals surface area contributed by atoms with Crippen molar-refractivity contribution < 1.29 is 18.0 Å². The molecule has 1 atom stereocenters. The van der Waals surface area contributed by atoms with Gasteiger partial charge in [-0.2, -0.15) is 18.4 Å². The first-order valence-electron chi connectivity index (χ1n) is 6.73. The topological polar surface area (TPSA) is 73.4 Å². The maximum absolute atomic E-state index is 12.6. The van der Waals surface area contributed by atoms with Gasteiger partial charge in [0.15, 0.2) is 6.19 Å². The average Bonchev–Trinajstić information content (AvgIpc) is 2.91. The van der Waals surface area contributed by atoms with Crippen LogP contribution in [0.5, 0.6) is 0 Å². The third-order valence-electron chi connectivity index (χ3n) is 3.67. The van der Waals surface area contributed by atoms with Crippen molar-refractivity contribution in [3.63, 3.8) is 0 Å². The van der Waals surface area contributed by atoms with E-state index in [2.05, 4.69) is 0 Å². The van der Waals surface area contributed by atoms with Gasteiger partial charge in [0.05, 0.1) is 11.6 Å². The molecule has 0 spiro atoms. The molecule has 1 aliphatic heterocycles. The summed E-state index contributed by atoms with van der Waals surface area (Å²) in [6.07, 6.45) is -0.822. The molecule has 5 nitrogen and oxygen atoms in total. The van der Waals surface area contributed by atoms with Crippen LogP contribution in [0.2, 0.25) is 0 Å². The van der Waals surface area contributed by atoms with Crippen LogP contribution < -0.4 is 10.6 Å². The van der Waals surface area contributed by atoms with Crippen LogP contribution in [0.4, 0.5) is 23.7 Å². The Kier molecular flexibility index (Phi) is 4.45. The number of nitriles is 1. The lowest BCUT2D eigenvalue weighted by atomic mass is 10.1. The molecule has 0 bridgehead atoms. The number of rotatable bonds is 3. The van der Waals surface area contributed by atoms with Crippen molar-refractivity contribution >= 4 is 11.7 Å². The van der Waals surface area contributed by atoms with Gasteiger partial charge in [-0.1, -0.05) is 0 Å². The number of urea groups is 1. The Bertz CT molecular complexity index is 579. The first-order valence-corrected chi connectivity index (χ1v) is 6.73. The van der Waals surface area contributed by atoms with Crippen LogP contribution in [0.15, 0.2) is 24.3 Å². The molecule has 0 saturated carbocycles. The summed E-state index contributed by atoms with van der Waals surface area (Å²) in [5.41, 5.74) is 4.81. The second-order valence-corrected chi connectivity index (χ2v) is 5.08. The van der Waals surface area contributed by atoms with Gasteiger partial charge in [0.25, 0.3) is 0 Å². The molecule has 1 aromatic carbocycles. The molecule has 1 fully saturated rings. The second kappa shape index (κ2) is 6.13. The highest BCUT2D eigenvalue weighted by Crippen LogP contribution is 2.31. The normalized spacial score (nSPS) is 18.1. The number of nitrogens with two attached hydrogens (primary N) is 1. The van der Waals surface area contributed by atoms with Crippen LogP contribution in [-0.4, -0.2) is 30.1 Å². The van der Waals surface area contributed by atoms with Crippen molar-refractivity contribution in [3.05, 3.63) is 29.8 Å². The highest BCUT2D eigenvalue weighted by molar-refractivity contribution is 5.90. The van der Waals surface area contributed by atoms with E-state index in [1.807, 2.05) is 6.19 Å². The fourth-order valence-corrected chi connectivity index (χ4v) is 2.52. The van der Waals surface area contributed by atoms with Crippen molar-refractivity contribution in [2.45, 2.75) is 25.1 Å². The molecule has 1 aliphatic rings. The van der Waals surface area contributed by atoms with Crippen molar-refractivity contribution in [2.75, 3.05) is 18.0 Å². The van der Waals surface area contributed by atoms with Gasteiger partial charge in [0.2, 0.25) is 0 Å². The number of hydrogen-bond acceptors (Lipinski definition) is 3. The fraction of sp³-hybridized carbons (Fsp3) is 0.429. The molecule has 0 radical (unpaired) electrons. The zero-order valence-electron chi connectivity index (χ0n) is 11.7. The van der Waals surface area contributed by atoms with E-state index in [1.54, 1.807) is 4.90 Å². The number of alkyl halides is 3. The van der Waals surface area contributed by atoms with Gasteiger partial charge in [-0.15, -0.1) is 0 Å². The third kappa shape index (κ3) is 3.42. The van der Waals surface area contributed by atoms with E-state index in [-0.39, 0.29) is 18.3 Å². The number of halogens is 3. The van der Waals surface area contributed by atoms with Gasteiger partial charge in [-0.05, 0) is 37.1 Å². The summed E-state index contributed by atoms with van der Waals surface area (Å²) < 4.78 is 37.7. The molecule has 1 heterocycles. The van der Waals surface area contributed by atoms with Crippen molar-refractivity contribution in [2.24, 2.45) is 5.73 Å². The molecule has 2 amide bonds. The molecule has 1 saturated heterocycles. The average molecular weight is 312 g/mol. The maximum atomic E-state index is 12.6. The molecule has 118 valence electrons. The van der Waals surface area contributed by atoms with Crippen LogP contribution in [0, 0.1) is 11.5 Å². The van der Waals surface area contributed by atoms with Gasteiger partial charge in [0.1, 0.15) is 0 Å². The fourth-order valence-electron chi connectivity index (χ4n) is 2.52. The summed E-state index contributed by atoms with van der Waals surface area (Å²) in [7, 11) is 0. The zero-order chi connectivity index (χ0) is 16.3. The van der Waals surface area contributed by atoms with Gasteiger partial charge in [-0.25, -0.2) is 4.79 Å². The van der Waals surface area contributed by atoms with Gasteiger partial charge >= 0.3 is 12.2 Å². The summed E-state index contributed by atoms with van der Waals surface area (Å²) in [5.74, 6) is 0. The van der Waals surface area contributed by atoms with E-state index in [4.69, 9.17) is 11.0 Å². The van der Waals surface area contributed by atoms with E-state index in [9.17, 15) is 18.0 Å². The molecule has 2 N–H and O–H groups in total. The number of carbonyl (C=O) groups excluding carboxylic acids is 1. The predicted octanol–water partition coefficient (Wildman–Crippen LogP) is 2.54. The first kappa shape index (κ1) is 15.9. The van der Waals surface area contributed by atoms with E-state index < -0.39 is 17.8 Å². The van der Waals surface area contributed by atoms with Gasteiger partial charge in [0, 0.05) is 18.8 Å². The smallest absolute Gasteiger partial charge is 0.351 e. The molecule has 2 rings (SSSR count). The second-order valence-electron chi connectivity index (χ2n) is 5.08. The molecule has 1 aromatic rings. The monoisotopic (exact) mass is 312 g/mol. The van der Waals surface area contributed by atoms with Crippen LogP contribution in [0.1, 0.15) is 18.4 Å². The Balaban J connectivity index is 2.18. The van der Waals surface area contributed by atoms with Crippen LogP contribution in [0.25, 0.3) is 0 Å². The molecule has 1 unspecified atom stereocenters. The Labute approximate surface area is 125 Å². The Morgan fingerprint density at radius 2 is 2.05 bits per heavy atom. The lowest BCUT2D eigenvalue weighted by Gasteiger charge is -2.27. The van der Waals surface area contributed by atoms with E-state index in [0.29, 0.717) is 6.54 Å². The number of likely N-dealkylation sites (tertiary alicyclic amines) is 1. The minimum atomic E-state index is -4.43. The number of benzene rings is 1. The van der Waals surface area contributed by atoms with E-state index >= 15 is 0 Å². The maximum Gasteiger partial charge on any atom is 0.416 e. The highest BCUT2D eigenvalue weighted by Gasteiger charge is 2.31. The Hall–Kier alpha value is -2.43. The number of primary amides is 1. The first-order chi connectivity index (χ1) is 10.3. The number of carbonyl (C=O) groups is 1. The summed E-state index contributed by atoms with van der Waals surface area (Å²) in [6, 6.07) is 3.30. The Morgan fingerprint density at radius 1 is 1.41 bits per heavy atom. The van der Waals surface area contributed by atoms with E-state index in [0.717, 1.165) is 25.0 Å². The zero-order valence-corrected chi connectivity index (χ0v) is 11.7. The SMILES string of the molecule is N#CN1CCCC1CN(C(N)=O)c1ccc(C(F)(F)F)cc1. The largest absolute Gasteiger partial charge is 0.416 e. The highest BCUT2D eigenvalue weighted by atomic mass is 19.4. The van der Waals surface area contributed by atoms with Crippen molar-refractivity contribution in [1.29, 1.82) is 5.26 Å². The van der Waals surface area contributed by atoms with Gasteiger partial charge in [-0.3, -0.25) is 4.90 Å². The van der Waals surface area contributed by atoms with Crippen LogP contribution >= 0.6 is 0 Å². The van der Waals surface area contributed by atoms with Gasteiger partial charge < -0.3 is 10.6 Å². The van der Waals surface area contributed by atoms with E-state index in [1.165, 1.54) is 17.0 Å². The lowest BCUT2D eigenvalue weighted by molar-refractivity contribution is -0.137. The number of nitrogens with zero attached hydrogens (tertiary/aromatic N) is 3. The number of anilines is 1. The predicted molar refractivity (Wildman–Crippen MR) is 73.7 cm³/mol. The molecular weight excluding hydrogens is 297 g/mol. The quantitative estimate of drug-likeness (QED) is 0.872. The van der Waals surface area contributed by atoms with Crippen LogP contribution in [-0.2, 0) is 6.18 Å². The van der Waals surface area contributed by atoms with Crippen molar-refractivity contribution in [1.82, 2.24) is 4.90 Å². The number of hydrogen-bond donors (Lipinski definition) is 1. The van der Waals surface area contributed by atoms with Crippen molar-refractivity contribution in [3.8, 4) is 6.19 Å².